The fourth-order valence-electron chi connectivity index (χ4n) is 4.09. The van der Waals surface area contributed by atoms with E-state index >= 15 is 0 Å². The summed E-state index contributed by atoms with van der Waals surface area (Å²) in [6.45, 7) is 2.45. The van der Waals surface area contributed by atoms with Crippen LogP contribution in [0.15, 0.2) is 18.2 Å². The van der Waals surface area contributed by atoms with Gasteiger partial charge >= 0.3 is 5.97 Å². The molecule has 1 aromatic rings. The predicted molar refractivity (Wildman–Crippen MR) is 97.1 cm³/mol. The van der Waals surface area contributed by atoms with E-state index in [-0.39, 0.29) is 30.7 Å². The molecule has 6 heteroatoms. The van der Waals surface area contributed by atoms with Crippen LogP contribution in [0.4, 0.5) is 0 Å². The smallest absolute Gasteiger partial charge is 0.332 e. The molecule has 1 aromatic carbocycles. The molecule has 2 heterocycles. The van der Waals surface area contributed by atoms with E-state index < -0.39 is 0 Å². The van der Waals surface area contributed by atoms with Gasteiger partial charge in [-0.05, 0) is 43.9 Å². The van der Waals surface area contributed by atoms with Gasteiger partial charge in [0, 0.05) is 22.9 Å². The Bertz CT molecular complexity index is 695. The molecule has 1 spiro atoms. The van der Waals surface area contributed by atoms with E-state index in [4.69, 9.17) is 14.2 Å². The summed E-state index contributed by atoms with van der Waals surface area (Å²) in [5.74, 6) is 1.23. The van der Waals surface area contributed by atoms with Crippen molar-refractivity contribution in [3.8, 4) is 11.5 Å². The number of carbonyl (C=O) groups is 1. The predicted octanol–water partition coefficient (Wildman–Crippen LogP) is 3.59. The van der Waals surface area contributed by atoms with Gasteiger partial charge in [-0.2, -0.15) is 0 Å². The third kappa shape index (κ3) is 3.43. The van der Waals surface area contributed by atoms with Crippen molar-refractivity contribution in [2.24, 2.45) is 0 Å². The van der Waals surface area contributed by atoms with E-state index in [0.29, 0.717) is 6.61 Å². The third-order valence-electron chi connectivity index (χ3n) is 5.18. The Morgan fingerprint density at radius 3 is 2.68 bits per heavy atom. The fourth-order valence-corrected chi connectivity index (χ4v) is 4.09. The molecule has 1 N–H and O–H groups in total. The van der Waals surface area contributed by atoms with Gasteiger partial charge in [-0.15, -0.1) is 12.4 Å². The summed E-state index contributed by atoms with van der Waals surface area (Å²) in [6.07, 6.45) is 8.52. The number of benzene rings is 1. The molecule has 3 aliphatic rings. The highest BCUT2D eigenvalue weighted by molar-refractivity contribution is 5.92. The van der Waals surface area contributed by atoms with Gasteiger partial charge < -0.3 is 19.5 Å². The van der Waals surface area contributed by atoms with Gasteiger partial charge in [0.15, 0.2) is 11.5 Å². The van der Waals surface area contributed by atoms with Crippen molar-refractivity contribution in [3.05, 3.63) is 29.3 Å². The molecule has 0 unspecified atom stereocenters. The van der Waals surface area contributed by atoms with Crippen molar-refractivity contribution >= 4 is 24.1 Å². The summed E-state index contributed by atoms with van der Waals surface area (Å²) in [6, 6.07) is 4.05. The van der Waals surface area contributed by atoms with Crippen LogP contribution in [0.5, 0.6) is 11.5 Å². The van der Waals surface area contributed by atoms with E-state index in [1.165, 1.54) is 24.8 Å². The second kappa shape index (κ2) is 7.16. The Kier molecular flexibility index (Phi) is 5.13. The van der Waals surface area contributed by atoms with Crippen LogP contribution in [0.2, 0.25) is 0 Å². The minimum Gasteiger partial charge on any atom is -0.463 e. The Balaban J connectivity index is 0.00000182. The monoisotopic (exact) mass is 365 g/mol. The number of halogens is 1. The van der Waals surface area contributed by atoms with Crippen molar-refractivity contribution in [1.82, 2.24) is 5.32 Å². The first-order chi connectivity index (χ1) is 11.7. The van der Waals surface area contributed by atoms with Gasteiger partial charge in [-0.1, -0.05) is 19.3 Å². The minimum absolute atomic E-state index is 0. The van der Waals surface area contributed by atoms with Crippen LogP contribution in [-0.2, 0) is 16.0 Å². The summed E-state index contributed by atoms with van der Waals surface area (Å²) in [5.41, 5.74) is 3.12. The van der Waals surface area contributed by atoms with Crippen molar-refractivity contribution < 1.29 is 19.0 Å². The molecule has 0 aromatic heterocycles. The molecule has 4 rings (SSSR count). The molecular weight excluding hydrogens is 342 g/mol. The van der Waals surface area contributed by atoms with E-state index in [2.05, 4.69) is 11.4 Å². The fraction of sp³-hybridized carbons (Fsp3) is 0.526. The van der Waals surface area contributed by atoms with Crippen LogP contribution in [0.25, 0.3) is 5.70 Å². The van der Waals surface area contributed by atoms with Crippen LogP contribution < -0.4 is 14.8 Å². The van der Waals surface area contributed by atoms with E-state index in [0.717, 1.165) is 42.0 Å². The van der Waals surface area contributed by atoms with Crippen LogP contribution in [0, 0.1) is 0 Å². The molecule has 0 atom stereocenters. The maximum atomic E-state index is 12.0. The van der Waals surface area contributed by atoms with Gasteiger partial charge in [0.1, 0.15) is 0 Å². The SMILES string of the molecule is CCOC(=O)C=C1NC2(CCCCC2)Cc2cc3c(cc21)OCO3.Cl. The highest BCUT2D eigenvalue weighted by atomic mass is 35.5. The zero-order chi connectivity index (χ0) is 16.6. The Labute approximate surface area is 154 Å². The van der Waals surface area contributed by atoms with Gasteiger partial charge in [-0.3, -0.25) is 0 Å². The molecular formula is C19H24ClNO4. The van der Waals surface area contributed by atoms with Gasteiger partial charge in [0.25, 0.3) is 0 Å². The number of ether oxygens (including phenoxy) is 3. The second-order valence-corrected chi connectivity index (χ2v) is 6.82. The van der Waals surface area contributed by atoms with Crippen molar-refractivity contribution in [2.75, 3.05) is 13.4 Å². The number of carbonyl (C=O) groups excluding carboxylic acids is 1. The van der Waals surface area contributed by atoms with Crippen LogP contribution in [0.1, 0.15) is 50.2 Å². The largest absolute Gasteiger partial charge is 0.463 e. The molecule has 1 aliphatic carbocycles. The van der Waals surface area contributed by atoms with E-state index in [1.54, 1.807) is 6.08 Å². The van der Waals surface area contributed by atoms with Crippen LogP contribution in [-0.4, -0.2) is 24.9 Å². The lowest BCUT2D eigenvalue weighted by molar-refractivity contribution is -0.137. The first-order valence-corrected chi connectivity index (χ1v) is 8.79. The highest BCUT2D eigenvalue weighted by Crippen LogP contribution is 2.43. The zero-order valence-corrected chi connectivity index (χ0v) is 15.2. The highest BCUT2D eigenvalue weighted by Gasteiger charge is 2.38. The first-order valence-electron chi connectivity index (χ1n) is 8.79. The molecule has 136 valence electrons. The molecule has 0 bridgehead atoms. The Morgan fingerprint density at radius 2 is 1.96 bits per heavy atom. The molecule has 1 saturated carbocycles. The lowest BCUT2D eigenvalue weighted by atomic mass is 9.73. The first kappa shape index (κ1) is 17.9. The van der Waals surface area contributed by atoms with Crippen molar-refractivity contribution in [3.63, 3.8) is 0 Å². The van der Waals surface area contributed by atoms with Crippen molar-refractivity contribution in [1.29, 1.82) is 0 Å². The maximum Gasteiger partial charge on any atom is 0.332 e. The van der Waals surface area contributed by atoms with Crippen molar-refractivity contribution in [2.45, 2.75) is 51.0 Å². The number of fused-ring (bicyclic) bond motifs is 2. The molecule has 25 heavy (non-hydrogen) atoms. The topological polar surface area (TPSA) is 56.8 Å². The number of nitrogens with one attached hydrogen (secondary N) is 1. The molecule has 0 amide bonds. The molecule has 1 fully saturated rings. The number of esters is 1. The summed E-state index contributed by atoms with van der Waals surface area (Å²) in [7, 11) is 0. The van der Waals surface area contributed by atoms with Crippen LogP contribution >= 0.6 is 12.4 Å². The maximum absolute atomic E-state index is 12.0. The molecule has 0 saturated heterocycles. The molecule has 0 radical (unpaired) electrons. The normalized spacial score (nSPS) is 21.2. The molecule has 2 aliphatic heterocycles. The lowest BCUT2D eigenvalue weighted by Crippen LogP contribution is -2.50. The average molecular weight is 366 g/mol. The summed E-state index contributed by atoms with van der Waals surface area (Å²) in [5, 5.41) is 3.67. The van der Waals surface area contributed by atoms with E-state index in [9.17, 15) is 4.79 Å². The van der Waals surface area contributed by atoms with Gasteiger partial charge in [-0.25, -0.2) is 4.79 Å². The second-order valence-electron chi connectivity index (χ2n) is 6.82. The number of rotatable bonds is 2. The number of hydrogen-bond acceptors (Lipinski definition) is 5. The Hall–Kier alpha value is -1.88. The summed E-state index contributed by atoms with van der Waals surface area (Å²) < 4.78 is 16.2. The van der Waals surface area contributed by atoms with Gasteiger partial charge in [0.2, 0.25) is 6.79 Å². The Morgan fingerprint density at radius 1 is 1.24 bits per heavy atom. The number of hydrogen-bond donors (Lipinski definition) is 1. The van der Waals surface area contributed by atoms with Gasteiger partial charge in [0.05, 0.1) is 6.61 Å². The summed E-state index contributed by atoms with van der Waals surface area (Å²) >= 11 is 0. The minimum atomic E-state index is -0.309. The summed E-state index contributed by atoms with van der Waals surface area (Å²) in [4.78, 5) is 12.0. The van der Waals surface area contributed by atoms with Crippen LogP contribution in [0.3, 0.4) is 0 Å². The average Bonchev–Trinajstić information content (AvgIpc) is 3.01. The standard InChI is InChI=1S/C19H23NO4.ClH/c1-2-22-18(21)10-15-14-9-17-16(23-12-24-17)8-13(14)11-19(20-15)6-4-3-5-7-19;/h8-10,20H,2-7,11-12H2,1H3;1H. The quantitative estimate of drug-likeness (QED) is 0.641. The molecule has 5 nitrogen and oxygen atoms in total. The third-order valence-corrected chi connectivity index (χ3v) is 5.18. The zero-order valence-electron chi connectivity index (χ0n) is 14.4. The lowest BCUT2D eigenvalue weighted by Gasteiger charge is -2.44. The van der Waals surface area contributed by atoms with E-state index in [1.807, 2.05) is 13.0 Å².